The third kappa shape index (κ3) is 1.90. The topological polar surface area (TPSA) is 9.23 Å². The summed E-state index contributed by atoms with van der Waals surface area (Å²) in [4.78, 5) is 0. The molecular weight excluding hydrogens is 144 g/mol. The molecule has 0 aromatic rings. The highest BCUT2D eigenvalue weighted by Gasteiger charge is 2.36. The lowest BCUT2D eigenvalue weighted by molar-refractivity contribution is 0.0393. The van der Waals surface area contributed by atoms with Crippen LogP contribution < -0.4 is 0 Å². The van der Waals surface area contributed by atoms with Gasteiger partial charge in [0.15, 0.2) is 0 Å². The largest absolute Gasteiger partial charge is 0.506 e. The minimum atomic E-state index is -4.75. The normalized spacial score (nSPS) is 28.5. The van der Waals surface area contributed by atoms with Crippen molar-refractivity contribution in [2.45, 2.75) is 25.3 Å². The van der Waals surface area contributed by atoms with Crippen LogP contribution in [0, 0.1) is 0 Å². The van der Waals surface area contributed by atoms with Gasteiger partial charge in [0.25, 0.3) is 0 Å². The summed E-state index contributed by atoms with van der Waals surface area (Å²) >= 11 is 0. The van der Waals surface area contributed by atoms with E-state index in [2.05, 4.69) is 4.74 Å². The van der Waals surface area contributed by atoms with E-state index in [9.17, 15) is 12.9 Å². The van der Waals surface area contributed by atoms with E-state index in [0.29, 0.717) is 6.42 Å². The zero-order valence-corrected chi connectivity index (χ0v) is 5.53. The lowest BCUT2D eigenvalue weighted by atomic mass is 9.78. The van der Waals surface area contributed by atoms with Crippen LogP contribution in [0.15, 0.2) is 0 Å². The first kappa shape index (κ1) is 7.92. The van der Waals surface area contributed by atoms with E-state index in [4.69, 9.17) is 0 Å². The van der Waals surface area contributed by atoms with Gasteiger partial charge in [-0.15, -0.1) is 0 Å². The fraction of sp³-hybridized carbons (Fsp3) is 1.00. The molecule has 1 atom stereocenters. The Morgan fingerprint density at radius 3 is 2.20 bits per heavy atom. The zero-order valence-electron chi connectivity index (χ0n) is 5.53. The van der Waals surface area contributed by atoms with Gasteiger partial charge in [0.2, 0.25) is 0 Å². The molecule has 0 bridgehead atoms. The summed E-state index contributed by atoms with van der Waals surface area (Å²) in [7, 11) is 0. The SMILES string of the molecule is F[B-](F)(F)C1CCCCO1. The zero-order chi connectivity index (χ0) is 7.61. The van der Waals surface area contributed by atoms with Crippen LogP contribution in [0.4, 0.5) is 12.9 Å². The maximum Gasteiger partial charge on any atom is 0.506 e. The summed E-state index contributed by atoms with van der Waals surface area (Å²) in [6.07, 6.45) is 1.57. The molecule has 1 saturated heterocycles. The summed E-state index contributed by atoms with van der Waals surface area (Å²) < 4.78 is 40.2. The molecule has 0 spiro atoms. The minimum Gasteiger partial charge on any atom is -0.447 e. The molecule has 0 N–H and O–H groups in total. The molecule has 0 saturated carbocycles. The molecule has 1 aliphatic heterocycles. The van der Waals surface area contributed by atoms with Crippen molar-refractivity contribution in [1.29, 1.82) is 0 Å². The molecule has 1 fully saturated rings. The maximum absolute atomic E-state index is 11.9. The van der Waals surface area contributed by atoms with Crippen molar-refractivity contribution in [2.75, 3.05) is 6.61 Å². The maximum atomic E-state index is 11.9. The molecule has 1 unspecified atom stereocenters. The van der Waals surface area contributed by atoms with Crippen LogP contribution >= 0.6 is 0 Å². The van der Waals surface area contributed by atoms with E-state index >= 15 is 0 Å². The van der Waals surface area contributed by atoms with Gasteiger partial charge < -0.3 is 17.7 Å². The van der Waals surface area contributed by atoms with Crippen molar-refractivity contribution in [3.05, 3.63) is 0 Å². The average Bonchev–Trinajstić information content (AvgIpc) is 1.88. The van der Waals surface area contributed by atoms with Crippen molar-refractivity contribution in [2.24, 2.45) is 0 Å². The number of halogens is 3. The molecular formula is C5H9BF3O-. The predicted molar refractivity (Wildman–Crippen MR) is 32.7 cm³/mol. The Kier molecular flexibility index (Phi) is 2.23. The number of ether oxygens (including phenoxy) is 1. The van der Waals surface area contributed by atoms with E-state index in [-0.39, 0.29) is 13.0 Å². The van der Waals surface area contributed by atoms with Crippen molar-refractivity contribution in [1.82, 2.24) is 0 Å². The molecule has 1 heterocycles. The molecule has 0 amide bonds. The summed E-state index contributed by atoms with van der Waals surface area (Å²) in [5.74, 6) is 0. The van der Waals surface area contributed by atoms with Crippen molar-refractivity contribution >= 4 is 6.98 Å². The highest BCUT2D eigenvalue weighted by atomic mass is 19.4. The number of rotatable bonds is 1. The second-order valence-electron chi connectivity index (χ2n) is 2.53. The molecule has 1 nitrogen and oxygen atoms in total. The Morgan fingerprint density at radius 2 is 1.90 bits per heavy atom. The van der Waals surface area contributed by atoms with Gasteiger partial charge in [-0.1, -0.05) is 12.8 Å². The fourth-order valence-electron chi connectivity index (χ4n) is 1.06. The van der Waals surface area contributed by atoms with E-state index in [1.807, 2.05) is 0 Å². The molecule has 1 aliphatic rings. The van der Waals surface area contributed by atoms with Crippen LogP contribution in [0.5, 0.6) is 0 Å². The van der Waals surface area contributed by atoms with Gasteiger partial charge in [0.05, 0.1) is 0 Å². The van der Waals surface area contributed by atoms with Crippen LogP contribution in [-0.4, -0.2) is 19.6 Å². The van der Waals surface area contributed by atoms with Gasteiger partial charge >= 0.3 is 6.98 Å². The van der Waals surface area contributed by atoms with Gasteiger partial charge in [-0.05, 0) is 6.42 Å². The number of hydrogen-bond donors (Lipinski definition) is 0. The van der Waals surface area contributed by atoms with Gasteiger partial charge in [-0.25, -0.2) is 0 Å². The molecule has 10 heavy (non-hydrogen) atoms. The lowest BCUT2D eigenvalue weighted by Gasteiger charge is -2.30. The summed E-state index contributed by atoms with van der Waals surface area (Å²) in [6.45, 7) is -4.48. The summed E-state index contributed by atoms with van der Waals surface area (Å²) in [6, 6.07) is -1.44. The van der Waals surface area contributed by atoms with Crippen LogP contribution in [-0.2, 0) is 4.74 Å². The molecule has 5 heteroatoms. The van der Waals surface area contributed by atoms with Crippen LogP contribution in [0.1, 0.15) is 19.3 Å². The Labute approximate surface area is 57.6 Å². The fourth-order valence-corrected chi connectivity index (χ4v) is 1.06. The lowest BCUT2D eigenvalue weighted by Crippen LogP contribution is -2.39. The van der Waals surface area contributed by atoms with Crippen molar-refractivity contribution in [3.63, 3.8) is 0 Å². The van der Waals surface area contributed by atoms with Crippen molar-refractivity contribution in [3.8, 4) is 0 Å². The van der Waals surface area contributed by atoms with Crippen LogP contribution in [0.25, 0.3) is 0 Å². The van der Waals surface area contributed by atoms with E-state index < -0.39 is 13.0 Å². The first-order chi connectivity index (χ1) is 4.61. The van der Waals surface area contributed by atoms with Crippen molar-refractivity contribution < 1.29 is 17.7 Å². The van der Waals surface area contributed by atoms with Crippen LogP contribution in [0.2, 0.25) is 0 Å². The Hall–Kier alpha value is -0.185. The van der Waals surface area contributed by atoms with Crippen LogP contribution in [0.3, 0.4) is 0 Å². The molecule has 0 aromatic carbocycles. The number of hydrogen-bond acceptors (Lipinski definition) is 1. The third-order valence-corrected chi connectivity index (χ3v) is 1.64. The quantitative estimate of drug-likeness (QED) is 0.523. The predicted octanol–water partition coefficient (Wildman–Crippen LogP) is 1.94. The minimum absolute atomic E-state index is 0.156. The standard InChI is InChI=1S/C5H9BF3O/c7-6(8,9)5-3-1-2-4-10-5/h5H,1-4H2/q-1. The first-order valence-electron chi connectivity index (χ1n) is 3.42. The van der Waals surface area contributed by atoms with Gasteiger partial charge in [0, 0.05) is 12.6 Å². The Morgan fingerprint density at radius 1 is 1.20 bits per heavy atom. The molecule has 0 aliphatic carbocycles. The van der Waals surface area contributed by atoms with E-state index in [1.54, 1.807) is 0 Å². The first-order valence-corrected chi connectivity index (χ1v) is 3.42. The third-order valence-electron chi connectivity index (χ3n) is 1.64. The Balaban J connectivity index is 2.39. The molecule has 0 radical (unpaired) electrons. The smallest absolute Gasteiger partial charge is 0.447 e. The summed E-state index contributed by atoms with van der Waals surface area (Å²) in [5, 5.41) is 0. The van der Waals surface area contributed by atoms with E-state index in [1.165, 1.54) is 0 Å². The highest BCUT2D eigenvalue weighted by molar-refractivity contribution is 6.60. The molecule has 60 valence electrons. The van der Waals surface area contributed by atoms with E-state index in [0.717, 1.165) is 6.42 Å². The molecule has 1 rings (SSSR count). The van der Waals surface area contributed by atoms with Gasteiger partial charge in [0.1, 0.15) is 0 Å². The van der Waals surface area contributed by atoms with Gasteiger partial charge in [-0.2, -0.15) is 0 Å². The molecule has 0 aromatic heterocycles. The summed E-state index contributed by atoms with van der Waals surface area (Å²) in [5.41, 5.74) is 0. The van der Waals surface area contributed by atoms with Gasteiger partial charge in [-0.3, -0.25) is 0 Å². The second-order valence-corrected chi connectivity index (χ2v) is 2.53. The second kappa shape index (κ2) is 2.82. The average molecular weight is 153 g/mol. The highest BCUT2D eigenvalue weighted by Crippen LogP contribution is 2.24. The monoisotopic (exact) mass is 153 g/mol. The Bertz CT molecular complexity index is 108.